The fourth-order valence-corrected chi connectivity index (χ4v) is 4.37. The number of fused-ring (bicyclic) bond motifs is 2. The molecule has 1 fully saturated rings. The van der Waals surface area contributed by atoms with Gasteiger partial charge in [0, 0.05) is 49.2 Å². The van der Waals surface area contributed by atoms with Crippen LogP contribution in [0.2, 0.25) is 0 Å². The summed E-state index contributed by atoms with van der Waals surface area (Å²) in [6, 6.07) is 5.57. The van der Waals surface area contributed by atoms with Gasteiger partial charge in [0.1, 0.15) is 11.6 Å². The molecule has 37 heavy (non-hydrogen) atoms. The van der Waals surface area contributed by atoms with Crippen molar-refractivity contribution in [3.63, 3.8) is 0 Å². The van der Waals surface area contributed by atoms with Gasteiger partial charge in [-0.15, -0.1) is 0 Å². The van der Waals surface area contributed by atoms with Crippen LogP contribution in [0, 0.1) is 6.92 Å². The third-order valence-corrected chi connectivity index (χ3v) is 5.94. The van der Waals surface area contributed by atoms with Crippen LogP contribution in [-0.2, 0) is 11.2 Å². The van der Waals surface area contributed by atoms with Gasteiger partial charge in [-0.1, -0.05) is 0 Å². The number of piperazine rings is 1. The number of anilines is 3. The molecule has 3 aromatic rings. The second-order valence-electron chi connectivity index (χ2n) is 9.38. The van der Waals surface area contributed by atoms with E-state index in [1.807, 2.05) is 19.1 Å². The first-order chi connectivity index (χ1) is 17.3. The standard InChI is InChI=1S/C21H26N8O.C2HF3O2/c1-14-24-18-5-4-15(12-29(18)26-14)25-20(30)28-10-7-16-17(6-8-22-19(16)28)27-11-9-23-21(2,3)13-27;3-2(4,5)1(6)7/h4-6,8,12,23H,7,9-11,13H2,1-3H3,(H,25,30);(H,6,7). The number of carbonyl (C=O) groups is 2. The molecule has 0 aromatic carbocycles. The number of aliphatic carboxylic acids is 1. The quantitative estimate of drug-likeness (QED) is 0.471. The zero-order chi connectivity index (χ0) is 27.0. The number of amides is 2. The summed E-state index contributed by atoms with van der Waals surface area (Å²) in [4.78, 5) is 34.9. The SMILES string of the molecule is Cc1nc2ccc(NC(=O)N3CCc4c(N5CCNC(C)(C)C5)ccnc43)cn2n1.O=C(O)C(F)(F)F. The van der Waals surface area contributed by atoms with Crippen LogP contribution in [0.4, 0.5) is 35.2 Å². The smallest absolute Gasteiger partial charge is 0.475 e. The monoisotopic (exact) mass is 520 g/mol. The molecule has 14 heteroatoms. The van der Waals surface area contributed by atoms with Gasteiger partial charge in [-0.2, -0.15) is 18.3 Å². The van der Waals surface area contributed by atoms with Crippen LogP contribution in [-0.4, -0.2) is 74.6 Å². The summed E-state index contributed by atoms with van der Waals surface area (Å²) in [5.74, 6) is -1.31. The van der Waals surface area contributed by atoms with Gasteiger partial charge in [0.2, 0.25) is 0 Å². The molecule has 198 valence electrons. The normalized spacial score (nSPS) is 16.7. The van der Waals surface area contributed by atoms with Crippen LogP contribution in [0.25, 0.3) is 5.65 Å². The van der Waals surface area contributed by atoms with Gasteiger partial charge in [0.25, 0.3) is 0 Å². The third-order valence-electron chi connectivity index (χ3n) is 5.94. The van der Waals surface area contributed by atoms with Crippen LogP contribution in [0.5, 0.6) is 0 Å². The summed E-state index contributed by atoms with van der Waals surface area (Å²) in [7, 11) is 0. The molecule has 2 aliphatic rings. The summed E-state index contributed by atoms with van der Waals surface area (Å²) in [5, 5.41) is 18.0. The van der Waals surface area contributed by atoms with Crippen molar-refractivity contribution < 1.29 is 27.9 Å². The predicted molar refractivity (Wildman–Crippen MR) is 130 cm³/mol. The summed E-state index contributed by atoms with van der Waals surface area (Å²) in [6.45, 7) is 9.71. The highest BCUT2D eigenvalue weighted by Crippen LogP contribution is 2.35. The molecule has 0 atom stereocenters. The Morgan fingerprint density at radius 2 is 1.92 bits per heavy atom. The number of urea groups is 1. The number of carboxylic acids is 1. The molecule has 2 aliphatic heterocycles. The summed E-state index contributed by atoms with van der Waals surface area (Å²) < 4.78 is 33.4. The lowest BCUT2D eigenvalue weighted by molar-refractivity contribution is -0.192. The first-order valence-corrected chi connectivity index (χ1v) is 11.5. The van der Waals surface area contributed by atoms with E-state index in [1.165, 1.54) is 5.69 Å². The first-order valence-electron chi connectivity index (χ1n) is 11.5. The lowest BCUT2D eigenvalue weighted by atomic mass is 10.0. The predicted octanol–water partition coefficient (Wildman–Crippen LogP) is 2.85. The molecule has 2 amide bonds. The summed E-state index contributed by atoms with van der Waals surface area (Å²) in [5.41, 5.74) is 3.81. The first kappa shape index (κ1) is 26.1. The van der Waals surface area contributed by atoms with Gasteiger partial charge in [0.15, 0.2) is 5.65 Å². The molecule has 0 unspecified atom stereocenters. The minimum absolute atomic E-state index is 0.0580. The second-order valence-corrected chi connectivity index (χ2v) is 9.38. The molecule has 5 rings (SSSR count). The molecular formula is C23H27F3N8O3. The Kier molecular flexibility index (Phi) is 6.95. The molecular weight excluding hydrogens is 493 g/mol. The molecule has 0 saturated carbocycles. The molecule has 11 nitrogen and oxygen atoms in total. The van der Waals surface area contributed by atoms with Crippen LogP contribution in [0.1, 0.15) is 25.2 Å². The number of aryl methyl sites for hydroxylation is 1. The second kappa shape index (κ2) is 9.84. The molecule has 0 bridgehead atoms. The number of hydrogen-bond donors (Lipinski definition) is 3. The van der Waals surface area contributed by atoms with Crippen molar-refractivity contribution in [2.24, 2.45) is 0 Å². The highest BCUT2D eigenvalue weighted by Gasteiger charge is 2.38. The van der Waals surface area contributed by atoms with E-state index in [4.69, 9.17) is 9.90 Å². The molecule has 0 radical (unpaired) electrons. The molecule has 3 aromatic heterocycles. The number of carbonyl (C=O) groups excluding carboxylic acids is 1. The van der Waals surface area contributed by atoms with Crippen LogP contribution < -0.4 is 20.4 Å². The number of halogens is 3. The lowest BCUT2D eigenvalue weighted by Crippen LogP contribution is -2.57. The Morgan fingerprint density at radius 3 is 2.59 bits per heavy atom. The van der Waals surface area contributed by atoms with Crippen LogP contribution in [0.3, 0.4) is 0 Å². The van der Waals surface area contributed by atoms with Crippen molar-refractivity contribution in [1.82, 2.24) is 24.9 Å². The number of nitrogens with zero attached hydrogens (tertiary/aromatic N) is 6. The maximum absolute atomic E-state index is 13.0. The van der Waals surface area contributed by atoms with Gasteiger partial charge in [-0.3, -0.25) is 4.90 Å². The topological polar surface area (TPSA) is 128 Å². The number of hydrogen-bond acceptors (Lipinski definition) is 7. The van der Waals surface area contributed by atoms with Crippen molar-refractivity contribution in [1.29, 1.82) is 0 Å². The van der Waals surface area contributed by atoms with Crippen molar-refractivity contribution in [3.05, 3.63) is 42.0 Å². The fourth-order valence-electron chi connectivity index (χ4n) is 4.37. The number of nitrogens with one attached hydrogen (secondary N) is 2. The number of alkyl halides is 3. The molecule has 1 saturated heterocycles. The molecule has 0 aliphatic carbocycles. The fraction of sp³-hybridized carbons (Fsp3) is 0.435. The Balaban J connectivity index is 0.000000405. The maximum atomic E-state index is 13.0. The summed E-state index contributed by atoms with van der Waals surface area (Å²) >= 11 is 0. The Bertz CT molecular complexity index is 1320. The minimum Gasteiger partial charge on any atom is -0.475 e. The van der Waals surface area contributed by atoms with Gasteiger partial charge in [-0.05, 0) is 45.4 Å². The number of aromatic nitrogens is 4. The highest BCUT2D eigenvalue weighted by atomic mass is 19.4. The third kappa shape index (κ3) is 5.90. The van der Waals surface area contributed by atoms with E-state index in [1.54, 1.807) is 21.8 Å². The minimum atomic E-state index is -5.08. The maximum Gasteiger partial charge on any atom is 0.490 e. The van der Waals surface area contributed by atoms with E-state index in [-0.39, 0.29) is 11.6 Å². The van der Waals surface area contributed by atoms with Gasteiger partial charge >= 0.3 is 18.2 Å². The van der Waals surface area contributed by atoms with Crippen molar-refractivity contribution in [2.45, 2.75) is 38.9 Å². The highest BCUT2D eigenvalue weighted by molar-refractivity contribution is 6.03. The Labute approximate surface area is 210 Å². The van der Waals surface area contributed by atoms with Crippen LogP contribution >= 0.6 is 0 Å². The Hall–Kier alpha value is -3.94. The van der Waals surface area contributed by atoms with E-state index < -0.39 is 12.1 Å². The van der Waals surface area contributed by atoms with Gasteiger partial charge in [-0.25, -0.2) is 24.1 Å². The van der Waals surface area contributed by atoms with E-state index in [9.17, 15) is 18.0 Å². The number of rotatable bonds is 2. The van der Waals surface area contributed by atoms with Crippen molar-refractivity contribution >= 4 is 34.8 Å². The van der Waals surface area contributed by atoms with E-state index in [2.05, 4.69) is 50.5 Å². The van der Waals surface area contributed by atoms with Crippen molar-refractivity contribution in [2.75, 3.05) is 41.3 Å². The van der Waals surface area contributed by atoms with E-state index in [0.29, 0.717) is 18.1 Å². The molecule has 0 spiro atoms. The van der Waals surface area contributed by atoms with Gasteiger partial charge < -0.3 is 20.6 Å². The molecule has 3 N–H and O–H groups in total. The van der Waals surface area contributed by atoms with Gasteiger partial charge in [0.05, 0.1) is 11.9 Å². The average Bonchev–Trinajstić information content (AvgIpc) is 3.40. The molecule has 5 heterocycles. The van der Waals surface area contributed by atoms with Crippen LogP contribution in [0.15, 0.2) is 30.6 Å². The zero-order valence-corrected chi connectivity index (χ0v) is 20.5. The number of pyridine rings is 2. The van der Waals surface area contributed by atoms with E-state index in [0.717, 1.165) is 43.1 Å². The zero-order valence-electron chi connectivity index (χ0n) is 20.5. The van der Waals surface area contributed by atoms with E-state index >= 15 is 0 Å². The summed E-state index contributed by atoms with van der Waals surface area (Å²) in [6.07, 6.45) is -0.701. The lowest BCUT2D eigenvalue weighted by Gasteiger charge is -2.41. The number of carboxylic acid groups (broad SMARTS) is 1. The van der Waals surface area contributed by atoms with Crippen molar-refractivity contribution in [3.8, 4) is 0 Å². The Morgan fingerprint density at radius 1 is 1.19 bits per heavy atom. The average molecular weight is 521 g/mol. The largest absolute Gasteiger partial charge is 0.490 e.